The summed E-state index contributed by atoms with van der Waals surface area (Å²) in [6.07, 6.45) is 7.59. The summed E-state index contributed by atoms with van der Waals surface area (Å²) in [7, 11) is 1.72. The van der Waals surface area contributed by atoms with Gasteiger partial charge in [0.05, 0.1) is 15.4 Å². The van der Waals surface area contributed by atoms with Gasteiger partial charge in [0.15, 0.2) is 17.5 Å². The van der Waals surface area contributed by atoms with Crippen LogP contribution in [0, 0.1) is 10.1 Å². The molecular formula is C24H24N4O5S. The van der Waals surface area contributed by atoms with Crippen LogP contribution in [0.2, 0.25) is 0 Å². The molecule has 3 aromatic rings. The molecule has 2 aromatic carbocycles. The molecule has 0 aliphatic heterocycles. The lowest BCUT2D eigenvalue weighted by Gasteiger charge is -2.22. The molecule has 10 heteroatoms. The van der Waals surface area contributed by atoms with Gasteiger partial charge in [-0.05, 0) is 48.2 Å². The van der Waals surface area contributed by atoms with Crippen LogP contribution >= 0.6 is 11.8 Å². The molecule has 1 saturated carbocycles. The molecule has 34 heavy (non-hydrogen) atoms. The molecule has 0 radical (unpaired) electrons. The predicted octanol–water partition coefficient (Wildman–Crippen LogP) is 4.96. The monoisotopic (exact) mass is 480 g/mol. The number of hydrogen-bond acceptors (Lipinski definition) is 8. The van der Waals surface area contributed by atoms with Gasteiger partial charge < -0.3 is 9.30 Å². The van der Waals surface area contributed by atoms with Crippen LogP contribution in [0.25, 0.3) is 0 Å². The van der Waals surface area contributed by atoms with Gasteiger partial charge in [0.2, 0.25) is 0 Å². The van der Waals surface area contributed by atoms with Crippen LogP contribution in [0.4, 0.5) is 5.69 Å². The molecule has 0 unspecified atom stereocenters. The number of ketones is 1. The number of rotatable bonds is 8. The van der Waals surface area contributed by atoms with Crippen molar-refractivity contribution in [3.05, 3.63) is 75.6 Å². The predicted molar refractivity (Wildman–Crippen MR) is 125 cm³/mol. The van der Waals surface area contributed by atoms with Crippen molar-refractivity contribution in [1.29, 1.82) is 0 Å². The van der Waals surface area contributed by atoms with E-state index in [0.717, 1.165) is 17.8 Å². The zero-order valence-corrected chi connectivity index (χ0v) is 19.5. The Morgan fingerprint density at radius 3 is 2.47 bits per heavy atom. The van der Waals surface area contributed by atoms with E-state index in [-0.39, 0.29) is 17.0 Å². The highest BCUT2D eigenvalue weighted by molar-refractivity contribution is 7.99. The summed E-state index contributed by atoms with van der Waals surface area (Å²) in [5, 5.41) is 19.7. The minimum atomic E-state index is -0.800. The van der Waals surface area contributed by atoms with E-state index in [1.54, 1.807) is 23.7 Å². The number of carbonyl (C=O) groups is 2. The quantitative estimate of drug-likeness (QED) is 0.192. The van der Waals surface area contributed by atoms with Crippen molar-refractivity contribution < 1.29 is 19.2 Å². The summed E-state index contributed by atoms with van der Waals surface area (Å²) in [5.74, 6) is -0.584. The number of hydrogen-bond donors (Lipinski definition) is 0. The van der Waals surface area contributed by atoms with E-state index in [4.69, 9.17) is 4.74 Å². The van der Waals surface area contributed by atoms with Gasteiger partial charge in [0.25, 0.3) is 5.69 Å². The molecule has 1 aliphatic carbocycles. The van der Waals surface area contributed by atoms with Crippen molar-refractivity contribution in [2.45, 2.75) is 48.1 Å². The second kappa shape index (κ2) is 10.6. The summed E-state index contributed by atoms with van der Waals surface area (Å²) >= 11 is 1.06. The van der Waals surface area contributed by atoms with Crippen LogP contribution in [-0.2, 0) is 11.8 Å². The summed E-state index contributed by atoms with van der Waals surface area (Å²) < 4.78 is 6.77. The second-order valence-electron chi connectivity index (χ2n) is 8.22. The third kappa shape index (κ3) is 5.51. The molecule has 1 heterocycles. The summed E-state index contributed by atoms with van der Waals surface area (Å²) in [6.45, 7) is -0.440. The Morgan fingerprint density at radius 1 is 1.12 bits per heavy atom. The van der Waals surface area contributed by atoms with Crippen molar-refractivity contribution in [3.8, 4) is 0 Å². The fourth-order valence-electron chi connectivity index (χ4n) is 4.01. The zero-order chi connectivity index (χ0) is 24.1. The normalized spacial score (nSPS) is 14.0. The summed E-state index contributed by atoms with van der Waals surface area (Å²) in [4.78, 5) is 36.3. The number of ether oxygens (including phenoxy) is 1. The van der Waals surface area contributed by atoms with Gasteiger partial charge in [-0.25, -0.2) is 4.79 Å². The Labute approximate surface area is 200 Å². The Kier molecular flexibility index (Phi) is 7.36. The molecule has 9 nitrogen and oxygen atoms in total. The minimum Gasteiger partial charge on any atom is -0.454 e. The Bertz CT molecular complexity index is 1200. The van der Waals surface area contributed by atoms with Gasteiger partial charge >= 0.3 is 5.97 Å². The first-order valence-electron chi connectivity index (χ1n) is 11.0. The first-order chi connectivity index (χ1) is 16.4. The number of Topliss-reactive ketones (excluding diaryl/α,β-unsaturated/α-hetero) is 1. The number of nitrogens with zero attached hydrogens (tertiary/aromatic N) is 4. The molecule has 0 N–H and O–H groups in total. The topological polar surface area (TPSA) is 117 Å². The zero-order valence-electron chi connectivity index (χ0n) is 18.7. The Hall–Kier alpha value is -3.53. The number of benzene rings is 2. The Balaban J connectivity index is 1.39. The van der Waals surface area contributed by atoms with E-state index >= 15 is 0 Å². The number of carbonyl (C=O) groups excluding carboxylic acids is 2. The second-order valence-corrected chi connectivity index (χ2v) is 9.23. The van der Waals surface area contributed by atoms with E-state index in [0.29, 0.717) is 21.5 Å². The first-order valence-corrected chi connectivity index (χ1v) is 11.8. The molecule has 176 valence electrons. The van der Waals surface area contributed by atoms with Crippen molar-refractivity contribution in [2.24, 2.45) is 7.05 Å². The maximum absolute atomic E-state index is 12.5. The number of aryl methyl sites for hydroxylation is 1. The van der Waals surface area contributed by atoms with E-state index in [9.17, 15) is 19.7 Å². The molecular weight excluding hydrogens is 456 g/mol. The van der Waals surface area contributed by atoms with Crippen molar-refractivity contribution >= 4 is 29.2 Å². The molecule has 4 rings (SSSR count). The molecule has 0 bridgehead atoms. The minimum absolute atomic E-state index is 0.00513. The molecule has 0 amide bonds. The SMILES string of the molecule is Cn1cnnc1Sc1ccc(C(=O)OCC(=O)c2ccc(C3CCCCC3)cc2)cc1[N+](=O)[O-]. The van der Waals surface area contributed by atoms with Gasteiger partial charge in [-0.3, -0.25) is 14.9 Å². The molecule has 1 aliphatic rings. The van der Waals surface area contributed by atoms with Crippen LogP contribution < -0.4 is 0 Å². The lowest BCUT2D eigenvalue weighted by Crippen LogP contribution is -2.14. The van der Waals surface area contributed by atoms with Crippen molar-refractivity contribution in [2.75, 3.05) is 6.61 Å². The van der Waals surface area contributed by atoms with Gasteiger partial charge in [-0.1, -0.05) is 43.5 Å². The maximum Gasteiger partial charge on any atom is 0.338 e. The van der Waals surface area contributed by atoms with E-state index in [1.807, 2.05) is 12.1 Å². The van der Waals surface area contributed by atoms with Crippen LogP contribution in [0.15, 0.2) is 58.8 Å². The van der Waals surface area contributed by atoms with Crippen LogP contribution in [-0.4, -0.2) is 38.0 Å². The summed E-state index contributed by atoms with van der Waals surface area (Å²) in [6, 6.07) is 11.5. The third-order valence-electron chi connectivity index (χ3n) is 5.91. The van der Waals surface area contributed by atoms with Gasteiger partial charge in [-0.15, -0.1) is 10.2 Å². The number of nitro groups is 1. The highest BCUT2D eigenvalue weighted by Gasteiger charge is 2.22. The number of nitro benzene ring substituents is 1. The van der Waals surface area contributed by atoms with Crippen molar-refractivity contribution in [1.82, 2.24) is 14.8 Å². The largest absolute Gasteiger partial charge is 0.454 e. The average molecular weight is 481 g/mol. The fourth-order valence-corrected chi connectivity index (χ4v) is 4.86. The maximum atomic E-state index is 12.5. The van der Waals surface area contributed by atoms with Gasteiger partial charge in [0.1, 0.15) is 6.33 Å². The molecule has 1 aromatic heterocycles. The standard InChI is InChI=1S/C24H24N4O5S/c1-27-15-25-26-24(27)34-22-12-11-19(13-20(22)28(31)32)23(30)33-14-21(29)18-9-7-17(8-10-18)16-5-3-2-4-6-16/h7-13,15-16H,2-6,14H2,1H3. The lowest BCUT2D eigenvalue weighted by molar-refractivity contribution is -0.387. The van der Waals surface area contributed by atoms with E-state index in [2.05, 4.69) is 10.2 Å². The Morgan fingerprint density at radius 2 is 1.82 bits per heavy atom. The third-order valence-corrected chi connectivity index (χ3v) is 7.02. The highest BCUT2D eigenvalue weighted by atomic mass is 32.2. The molecule has 0 atom stereocenters. The lowest BCUT2D eigenvalue weighted by atomic mass is 9.84. The smallest absolute Gasteiger partial charge is 0.338 e. The van der Waals surface area contributed by atoms with Crippen LogP contribution in [0.1, 0.15) is 64.3 Å². The van der Waals surface area contributed by atoms with Crippen LogP contribution in [0.5, 0.6) is 0 Å². The highest BCUT2D eigenvalue weighted by Crippen LogP contribution is 2.34. The molecule has 1 fully saturated rings. The molecule has 0 saturated heterocycles. The molecule has 0 spiro atoms. The van der Waals surface area contributed by atoms with E-state index < -0.39 is 17.5 Å². The van der Waals surface area contributed by atoms with Gasteiger partial charge in [-0.2, -0.15) is 0 Å². The first kappa shape index (κ1) is 23.6. The fraction of sp³-hybridized carbons (Fsp3) is 0.333. The summed E-state index contributed by atoms with van der Waals surface area (Å²) in [5.41, 5.74) is 1.44. The van der Waals surface area contributed by atoms with Crippen molar-refractivity contribution in [3.63, 3.8) is 0 Å². The van der Waals surface area contributed by atoms with Crippen LogP contribution in [0.3, 0.4) is 0 Å². The number of esters is 1. The average Bonchev–Trinajstić information content (AvgIpc) is 3.27. The van der Waals surface area contributed by atoms with Gasteiger partial charge in [0, 0.05) is 18.7 Å². The van der Waals surface area contributed by atoms with E-state index in [1.165, 1.54) is 56.1 Å². The number of aromatic nitrogens is 3.